The molecular formula is C38H25N3. The molecule has 2 heterocycles. The Morgan fingerprint density at radius 1 is 0.463 bits per heavy atom. The third-order valence-corrected chi connectivity index (χ3v) is 7.86. The molecule has 0 saturated heterocycles. The zero-order valence-corrected chi connectivity index (χ0v) is 22.3. The fourth-order valence-electron chi connectivity index (χ4n) is 6.12. The van der Waals surface area contributed by atoms with Crippen molar-refractivity contribution in [2.75, 3.05) is 0 Å². The number of benzene rings is 6. The molecule has 0 fully saturated rings. The van der Waals surface area contributed by atoms with Gasteiger partial charge in [0.25, 0.3) is 0 Å². The van der Waals surface area contributed by atoms with E-state index >= 15 is 0 Å². The Morgan fingerprint density at radius 3 is 1.76 bits per heavy atom. The maximum Gasteiger partial charge on any atom is 0.145 e. The summed E-state index contributed by atoms with van der Waals surface area (Å²) >= 11 is 0. The number of pyridine rings is 1. The maximum atomic E-state index is 5.16. The standard InChI is InChI=1S/C38H25N3/c1-2-14-26(15-3-1)38-40-34-23-10-11-24-35(34)41(38)37-31-20-8-6-18-29(31)36(30-19-7-9-21-32(30)37)28-17-5-4-16-27(28)33-22-12-13-25-39-33/h1-25H. The Labute approximate surface area is 238 Å². The topological polar surface area (TPSA) is 30.7 Å². The highest BCUT2D eigenvalue weighted by atomic mass is 15.1. The zero-order valence-electron chi connectivity index (χ0n) is 22.3. The zero-order chi connectivity index (χ0) is 27.2. The summed E-state index contributed by atoms with van der Waals surface area (Å²) in [4.78, 5) is 9.88. The minimum atomic E-state index is 0.934. The van der Waals surface area contributed by atoms with Crippen molar-refractivity contribution >= 4 is 32.6 Å². The quantitative estimate of drug-likeness (QED) is 0.215. The van der Waals surface area contributed by atoms with E-state index in [1.807, 2.05) is 18.3 Å². The van der Waals surface area contributed by atoms with E-state index in [0.29, 0.717) is 0 Å². The van der Waals surface area contributed by atoms with Crippen LogP contribution < -0.4 is 0 Å². The fourth-order valence-corrected chi connectivity index (χ4v) is 6.12. The predicted molar refractivity (Wildman–Crippen MR) is 170 cm³/mol. The molecule has 0 radical (unpaired) electrons. The molecule has 3 heteroatoms. The molecule has 0 saturated carbocycles. The number of rotatable bonds is 4. The lowest BCUT2D eigenvalue weighted by atomic mass is 9.87. The lowest BCUT2D eigenvalue weighted by Crippen LogP contribution is -2.02. The van der Waals surface area contributed by atoms with E-state index in [9.17, 15) is 0 Å². The van der Waals surface area contributed by atoms with E-state index in [2.05, 4.69) is 138 Å². The molecule has 0 spiro atoms. The van der Waals surface area contributed by atoms with Gasteiger partial charge in [-0.15, -0.1) is 0 Å². The number of aromatic nitrogens is 3. The van der Waals surface area contributed by atoms with Gasteiger partial charge in [0.15, 0.2) is 0 Å². The van der Waals surface area contributed by atoms with Crippen LogP contribution in [0.15, 0.2) is 152 Å². The van der Waals surface area contributed by atoms with Gasteiger partial charge < -0.3 is 0 Å². The van der Waals surface area contributed by atoms with Crippen LogP contribution in [0.25, 0.3) is 72.0 Å². The van der Waals surface area contributed by atoms with E-state index in [4.69, 9.17) is 9.97 Å². The lowest BCUT2D eigenvalue weighted by Gasteiger charge is -2.21. The van der Waals surface area contributed by atoms with Crippen molar-refractivity contribution in [2.45, 2.75) is 0 Å². The highest BCUT2D eigenvalue weighted by Gasteiger charge is 2.22. The third kappa shape index (κ3) is 3.75. The van der Waals surface area contributed by atoms with Gasteiger partial charge in [0.1, 0.15) is 5.82 Å². The average molecular weight is 524 g/mol. The van der Waals surface area contributed by atoms with Crippen LogP contribution in [0.4, 0.5) is 0 Å². The van der Waals surface area contributed by atoms with Crippen LogP contribution >= 0.6 is 0 Å². The number of nitrogens with zero attached hydrogens (tertiary/aromatic N) is 3. The maximum absolute atomic E-state index is 5.16. The normalized spacial score (nSPS) is 11.4. The second kappa shape index (κ2) is 9.58. The second-order valence-corrected chi connectivity index (χ2v) is 10.2. The van der Waals surface area contributed by atoms with Gasteiger partial charge in [-0.3, -0.25) is 9.55 Å². The smallest absolute Gasteiger partial charge is 0.145 e. The molecule has 3 nitrogen and oxygen atoms in total. The molecule has 0 bridgehead atoms. The molecule has 8 rings (SSSR count). The number of fused-ring (bicyclic) bond motifs is 3. The van der Waals surface area contributed by atoms with E-state index in [1.165, 1.54) is 32.7 Å². The molecule has 0 N–H and O–H groups in total. The average Bonchev–Trinajstić information content (AvgIpc) is 3.44. The van der Waals surface area contributed by atoms with E-state index in [1.54, 1.807) is 0 Å². The highest BCUT2D eigenvalue weighted by Crippen LogP contribution is 2.45. The van der Waals surface area contributed by atoms with Crippen LogP contribution in [0.5, 0.6) is 0 Å². The number of para-hydroxylation sites is 2. The van der Waals surface area contributed by atoms with Gasteiger partial charge in [-0.05, 0) is 46.2 Å². The van der Waals surface area contributed by atoms with Crippen molar-refractivity contribution in [2.24, 2.45) is 0 Å². The highest BCUT2D eigenvalue weighted by molar-refractivity contribution is 6.20. The molecule has 0 unspecified atom stereocenters. The molecular weight excluding hydrogens is 498 g/mol. The monoisotopic (exact) mass is 523 g/mol. The summed E-state index contributed by atoms with van der Waals surface area (Å²) in [6.07, 6.45) is 1.86. The minimum absolute atomic E-state index is 0.934. The fraction of sp³-hybridized carbons (Fsp3) is 0. The molecule has 2 aromatic heterocycles. The molecule has 6 aromatic carbocycles. The molecule has 0 aliphatic rings. The Hall–Kier alpha value is -5.54. The van der Waals surface area contributed by atoms with E-state index in [-0.39, 0.29) is 0 Å². The van der Waals surface area contributed by atoms with Crippen molar-refractivity contribution in [3.8, 4) is 39.5 Å². The lowest BCUT2D eigenvalue weighted by molar-refractivity contribution is 1.13. The van der Waals surface area contributed by atoms with Crippen LogP contribution in [0.1, 0.15) is 0 Å². The Balaban J connectivity index is 1.54. The van der Waals surface area contributed by atoms with Crippen LogP contribution in [0.3, 0.4) is 0 Å². The first-order chi connectivity index (χ1) is 20.4. The minimum Gasteiger partial charge on any atom is -0.291 e. The summed E-state index contributed by atoms with van der Waals surface area (Å²) in [5.74, 6) is 0.934. The second-order valence-electron chi connectivity index (χ2n) is 10.2. The summed E-state index contributed by atoms with van der Waals surface area (Å²) in [5, 5.41) is 4.75. The van der Waals surface area contributed by atoms with Gasteiger partial charge >= 0.3 is 0 Å². The van der Waals surface area contributed by atoms with Gasteiger partial charge in [-0.2, -0.15) is 0 Å². The van der Waals surface area contributed by atoms with E-state index in [0.717, 1.165) is 39.4 Å². The Kier molecular flexibility index (Phi) is 5.46. The molecule has 8 aromatic rings. The van der Waals surface area contributed by atoms with Crippen LogP contribution in [-0.2, 0) is 0 Å². The first-order valence-electron chi connectivity index (χ1n) is 13.9. The summed E-state index contributed by atoms with van der Waals surface area (Å²) in [7, 11) is 0. The Bertz CT molecular complexity index is 2140. The molecule has 192 valence electrons. The number of imidazole rings is 1. The molecule has 0 atom stereocenters. The number of hydrogen-bond acceptors (Lipinski definition) is 2. The van der Waals surface area contributed by atoms with Crippen molar-refractivity contribution in [1.29, 1.82) is 0 Å². The van der Waals surface area contributed by atoms with Gasteiger partial charge in [0.05, 0.1) is 22.4 Å². The van der Waals surface area contributed by atoms with Gasteiger partial charge in [-0.1, -0.05) is 121 Å². The van der Waals surface area contributed by atoms with Crippen LogP contribution in [-0.4, -0.2) is 14.5 Å². The van der Waals surface area contributed by atoms with Crippen molar-refractivity contribution < 1.29 is 0 Å². The van der Waals surface area contributed by atoms with Gasteiger partial charge in [0.2, 0.25) is 0 Å². The summed E-state index contributed by atoms with van der Waals surface area (Å²) < 4.78 is 2.35. The van der Waals surface area contributed by atoms with Crippen LogP contribution in [0.2, 0.25) is 0 Å². The summed E-state index contributed by atoms with van der Waals surface area (Å²) in [6, 6.07) is 51.1. The predicted octanol–water partition coefficient (Wildman–Crippen LogP) is 9.73. The molecule has 0 amide bonds. The van der Waals surface area contributed by atoms with Crippen molar-refractivity contribution in [1.82, 2.24) is 14.5 Å². The third-order valence-electron chi connectivity index (χ3n) is 7.86. The van der Waals surface area contributed by atoms with Crippen molar-refractivity contribution in [3.63, 3.8) is 0 Å². The molecule has 0 aliphatic carbocycles. The summed E-state index contributed by atoms with van der Waals surface area (Å²) in [6.45, 7) is 0. The first kappa shape index (κ1) is 23.4. The Morgan fingerprint density at radius 2 is 1.05 bits per heavy atom. The van der Waals surface area contributed by atoms with Gasteiger partial charge in [-0.25, -0.2) is 4.98 Å². The summed E-state index contributed by atoms with van der Waals surface area (Å²) in [5.41, 5.74) is 8.76. The molecule has 41 heavy (non-hydrogen) atoms. The van der Waals surface area contributed by atoms with E-state index < -0.39 is 0 Å². The first-order valence-corrected chi connectivity index (χ1v) is 13.9. The largest absolute Gasteiger partial charge is 0.291 e. The number of hydrogen-bond donors (Lipinski definition) is 0. The van der Waals surface area contributed by atoms with Crippen molar-refractivity contribution in [3.05, 3.63) is 152 Å². The molecule has 0 aliphatic heterocycles. The SMILES string of the molecule is c1ccc(-c2nc3ccccc3n2-c2c3ccccc3c(-c3ccccc3-c3ccccn3)c3ccccc23)cc1. The van der Waals surface area contributed by atoms with Crippen LogP contribution in [0, 0.1) is 0 Å². The van der Waals surface area contributed by atoms with Gasteiger partial charge in [0, 0.05) is 28.1 Å².